The van der Waals surface area contributed by atoms with Crippen LogP contribution in [0.15, 0.2) is 24.3 Å². The van der Waals surface area contributed by atoms with Gasteiger partial charge in [0.1, 0.15) is 6.04 Å². The Morgan fingerprint density at radius 2 is 1.94 bits per heavy atom. The number of rotatable bonds is 4. The molecule has 0 fully saturated rings. The van der Waals surface area contributed by atoms with Gasteiger partial charge in [-0.1, -0.05) is 23.7 Å². The van der Waals surface area contributed by atoms with Gasteiger partial charge in [-0.05, 0) is 24.6 Å². The number of carbonyl (C=O) groups is 2. The molecular formula is C11H12ClNO3. The number of benzene rings is 1. The fraction of sp³-hybridized carbons (Fsp3) is 0.273. The second-order valence-electron chi connectivity index (χ2n) is 3.43. The molecule has 1 aromatic rings. The monoisotopic (exact) mass is 241 g/mol. The molecule has 16 heavy (non-hydrogen) atoms. The first kappa shape index (κ1) is 12.5. The van der Waals surface area contributed by atoms with Gasteiger partial charge in [0.15, 0.2) is 0 Å². The minimum atomic E-state index is -1.05. The second kappa shape index (κ2) is 5.51. The number of halogens is 1. The van der Waals surface area contributed by atoms with Gasteiger partial charge in [0.05, 0.1) is 6.42 Å². The third-order valence-corrected chi connectivity index (χ3v) is 2.28. The molecule has 1 unspecified atom stereocenters. The fourth-order valence-corrected chi connectivity index (χ4v) is 1.27. The summed E-state index contributed by atoms with van der Waals surface area (Å²) >= 11 is 5.70. The first-order valence-corrected chi connectivity index (χ1v) is 5.13. The fourth-order valence-electron chi connectivity index (χ4n) is 1.14. The van der Waals surface area contributed by atoms with Crippen LogP contribution in [0.5, 0.6) is 0 Å². The molecule has 1 rings (SSSR count). The molecular weight excluding hydrogens is 230 g/mol. The van der Waals surface area contributed by atoms with Crippen molar-refractivity contribution in [3.8, 4) is 0 Å². The summed E-state index contributed by atoms with van der Waals surface area (Å²) in [5.74, 6) is -1.37. The Balaban J connectivity index is 2.52. The third kappa shape index (κ3) is 3.90. The van der Waals surface area contributed by atoms with Crippen molar-refractivity contribution in [1.82, 2.24) is 5.32 Å². The number of aliphatic carboxylic acids is 1. The Morgan fingerprint density at radius 3 is 2.44 bits per heavy atom. The third-order valence-electron chi connectivity index (χ3n) is 2.03. The van der Waals surface area contributed by atoms with Gasteiger partial charge in [-0.2, -0.15) is 0 Å². The summed E-state index contributed by atoms with van der Waals surface area (Å²) in [5, 5.41) is 11.6. The van der Waals surface area contributed by atoms with Crippen LogP contribution >= 0.6 is 11.6 Å². The summed E-state index contributed by atoms with van der Waals surface area (Å²) in [6.45, 7) is 1.42. The highest BCUT2D eigenvalue weighted by atomic mass is 35.5. The van der Waals surface area contributed by atoms with Crippen molar-refractivity contribution in [3.63, 3.8) is 0 Å². The zero-order valence-electron chi connectivity index (χ0n) is 8.74. The van der Waals surface area contributed by atoms with Crippen molar-refractivity contribution in [2.75, 3.05) is 0 Å². The molecule has 1 amide bonds. The van der Waals surface area contributed by atoms with E-state index in [0.29, 0.717) is 5.02 Å². The smallest absolute Gasteiger partial charge is 0.325 e. The lowest BCUT2D eigenvalue weighted by Crippen LogP contribution is -2.39. The van der Waals surface area contributed by atoms with Gasteiger partial charge >= 0.3 is 5.97 Å². The van der Waals surface area contributed by atoms with E-state index in [2.05, 4.69) is 5.32 Å². The van der Waals surface area contributed by atoms with Crippen molar-refractivity contribution in [2.24, 2.45) is 0 Å². The maximum Gasteiger partial charge on any atom is 0.325 e. The van der Waals surface area contributed by atoms with Crippen LogP contribution in [0.3, 0.4) is 0 Å². The van der Waals surface area contributed by atoms with Gasteiger partial charge in [-0.15, -0.1) is 0 Å². The van der Waals surface area contributed by atoms with Crippen molar-refractivity contribution in [3.05, 3.63) is 34.9 Å². The Labute approximate surface area is 98.2 Å². The molecule has 0 spiro atoms. The first-order valence-electron chi connectivity index (χ1n) is 4.75. The molecule has 5 heteroatoms. The van der Waals surface area contributed by atoms with Crippen molar-refractivity contribution < 1.29 is 14.7 Å². The number of hydrogen-bond donors (Lipinski definition) is 2. The Hall–Kier alpha value is -1.55. The number of amides is 1. The molecule has 0 heterocycles. The highest BCUT2D eigenvalue weighted by molar-refractivity contribution is 6.30. The molecule has 0 saturated heterocycles. The molecule has 4 nitrogen and oxygen atoms in total. The van der Waals surface area contributed by atoms with Crippen molar-refractivity contribution in [2.45, 2.75) is 19.4 Å². The number of carboxylic acids is 1. The van der Waals surface area contributed by atoms with E-state index in [1.54, 1.807) is 24.3 Å². The lowest BCUT2D eigenvalue weighted by Gasteiger charge is -2.08. The van der Waals surface area contributed by atoms with Crippen molar-refractivity contribution in [1.29, 1.82) is 0 Å². The number of hydrogen-bond acceptors (Lipinski definition) is 2. The van der Waals surface area contributed by atoms with E-state index >= 15 is 0 Å². The average Bonchev–Trinajstić information content (AvgIpc) is 2.21. The minimum Gasteiger partial charge on any atom is -0.480 e. The molecule has 0 saturated carbocycles. The summed E-state index contributed by atoms with van der Waals surface area (Å²) in [5.41, 5.74) is 0.791. The predicted octanol–water partition coefficient (Wildman–Crippen LogP) is 1.47. The Morgan fingerprint density at radius 1 is 1.38 bits per heavy atom. The lowest BCUT2D eigenvalue weighted by atomic mass is 10.1. The van der Waals surface area contributed by atoms with Gasteiger partial charge in [0, 0.05) is 5.02 Å². The lowest BCUT2D eigenvalue weighted by molar-refractivity contribution is -0.141. The van der Waals surface area contributed by atoms with Gasteiger partial charge in [0.2, 0.25) is 5.91 Å². The van der Waals surface area contributed by atoms with Crippen LogP contribution in [0.1, 0.15) is 12.5 Å². The van der Waals surface area contributed by atoms with Crippen LogP contribution in [-0.2, 0) is 16.0 Å². The minimum absolute atomic E-state index is 0.148. The van der Waals surface area contributed by atoms with Gasteiger partial charge < -0.3 is 10.4 Å². The summed E-state index contributed by atoms with van der Waals surface area (Å²) in [6.07, 6.45) is 0.148. The predicted molar refractivity (Wildman–Crippen MR) is 60.4 cm³/mol. The number of nitrogens with one attached hydrogen (secondary N) is 1. The molecule has 0 bridgehead atoms. The maximum atomic E-state index is 11.4. The molecule has 2 N–H and O–H groups in total. The molecule has 86 valence electrons. The van der Waals surface area contributed by atoms with Gasteiger partial charge in [0.25, 0.3) is 0 Å². The van der Waals surface area contributed by atoms with E-state index < -0.39 is 12.0 Å². The van der Waals surface area contributed by atoms with Crippen LogP contribution < -0.4 is 5.32 Å². The average molecular weight is 242 g/mol. The quantitative estimate of drug-likeness (QED) is 0.839. The first-order chi connectivity index (χ1) is 7.49. The summed E-state index contributed by atoms with van der Waals surface area (Å²) in [6, 6.07) is 5.95. The molecule has 1 atom stereocenters. The maximum absolute atomic E-state index is 11.4. The van der Waals surface area contributed by atoms with Crippen LogP contribution in [-0.4, -0.2) is 23.0 Å². The van der Waals surface area contributed by atoms with Gasteiger partial charge in [-0.25, -0.2) is 0 Å². The molecule has 0 aliphatic rings. The second-order valence-corrected chi connectivity index (χ2v) is 3.87. The molecule has 0 aromatic heterocycles. The van der Waals surface area contributed by atoms with E-state index in [4.69, 9.17) is 16.7 Å². The SMILES string of the molecule is CC(NC(=O)Cc1ccc(Cl)cc1)C(=O)O. The van der Waals surface area contributed by atoms with Crippen LogP contribution in [0, 0.1) is 0 Å². The Bertz CT molecular complexity index is 389. The van der Waals surface area contributed by atoms with Crippen molar-refractivity contribution >= 4 is 23.5 Å². The number of carboxylic acid groups (broad SMARTS) is 1. The van der Waals surface area contributed by atoms with Crippen LogP contribution in [0.2, 0.25) is 5.02 Å². The number of carbonyl (C=O) groups excluding carboxylic acids is 1. The Kier molecular flexibility index (Phi) is 4.31. The topological polar surface area (TPSA) is 66.4 Å². The highest BCUT2D eigenvalue weighted by Gasteiger charge is 2.13. The van der Waals surface area contributed by atoms with E-state index in [1.807, 2.05) is 0 Å². The summed E-state index contributed by atoms with van der Waals surface area (Å²) < 4.78 is 0. The zero-order chi connectivity index (χ0) is 12.1. The van der Waals surface area contributed by atoms with Crippen LogP contribution in [0.4, 0.5) is 0 Å². The van der Waals surface area contributed by atoms with Gasteiger partial charge in [-0.3, -0.25) is 9.59 Å². The van der Waals surface area contributed by atoms with E-state index in [9.17, 15) is 9.59 Å². The highest BCUT2D eigenvalue weighted by Crippen LogP contribution is 2.09. The largest absolute Gasteiger partial charge is 0.480 e. The standard InChI is InChI=1S/C11H12ClNO3/c1-7(11(15)16)13-10(14)6-8-2-4-9(12)5-3-8/h2-5,7H,6H2,1H3,(H,13,14)(H,15,16). The van der Waals surface area contributed by atoms with Crippen LogP contribution in [0.25, 0.3) is 0 Å². The zero-order valence-corrected chi connectivity index (χ0v) is 9.49. The van der Waals surface area contributed by atoms with E-state index in [1.165, 1.54) is 6.92 Å². The molecule has 0 aliphatic heterocycles. The normalized spacial score (nSPS) is 11.9. The van der Waals surface area contributed by atoms with E-state index in [0.717, 1.165) is 5.56 Å². The molecule has 0 aliphatic carbocycles. The molecule has 1 aromatic carbocycles. The van der Waals surface area contributed by atoms with E-state index in [-0.39, 0.29) is 12.3 Å². The molecule has 0 radical (unpaired) electrons. The summed E-state index contributed by atoms with van der Waals surface area (Å²) in [4.78, 5) is 21.9. The summed E-state index contributed by atoms with van der Waals surface area (Å²) in [7, 11) is 0.